The molecule has 10 heteroatoms. The molecule has 4 amide bonds. The molecule has 1 aromatic carbocycles. The predicted molar refractivity (Wildman–Crippen MR) is 137 cm³/mol. The molecule has 0 spiro atoms. The molecule has 5 rings (SSSR count). The summed E-state index contributed by atoms with van der Waals surface area (Å²) in [5.41, 5.74) is 3.45. The third-order valence-corrected chi connectivity index (χ3v) is 7.55. The monoisotopic (exact) mass is 505 g/mol. The first kappa shape index (κ1) is 24.7. The Morgan fingerprint density at radius 2 is 1.70 bits per heavy atom. The maximum absolute atomic E-state index is 12.8. The van der Waals surface area contributed by atoms with Crippen molar-refractivity contribution >= 4 is 35.0 Å². The number of piperidine rings is 1. The number of benzene rings is 1. The minimum absolute atomic E-state index is 0.135. The SMILES string of the molecule is Cn1cccc(C(=O)N2CCC(CNC(=O)C(=O)Nc3cc4c5c(c3)CCC(=O)N5CCC4)CC2)c1=O. The molecule has 1 saturated heterocycles. The van der Waals surface area contributed by atoms with E-state index in [2.05, 4.69) is 10.6 Å². The number of nitrogens with one attached hydrogen (secondary N) is 2. The van der Waals surface area contributed by atoms with E-state index in [1.807, 2.05) is 17.0 Å². The van der Waals surface area contributed by atoms with Crippen LogP contribution in [-0.2, 0) is 34.3 Å². The molecule has 10 nitrogen and oxygen atoms in total. The zero-order chi connectivity index (χ0) is 26.1. The number of hydrogen-bond acceptors (Lipinski definition) is 5. The van der Waals surface area contributed by atoms with Gasteiger partial charge in [0.05, 0.1) is 5.69 Å². The summed E-state index contributed by atoms with van der Waals surface area (Å²) in [5, 5.41) is 5.43. The van der Waals surface area contributed by atoms with Crippen molar-refractivity contribution in [2.75, 3.05) is 36.4 Å². The fraction of sp³-hybridized carbons (Fsp3) is 0.444. The van der Waals surface area contributed by atoms with Crippen LogP contribution in [0.3, 0.4) is 0 Å². The van der Waals surface area contributed by atoms with Crippen molar-refractivity contribution in [3.8, 4) is 0 Å². The second kappa shape index (κ2) is 10.2. The summed E-state index contributed by atoms with van der Waals surface area (Å²) in [6.45, 7) is 2.04. The zero-order valence-corrected chi connectivity index (χ0v) is 20.9. The number of nitrogens with zero attached hydrogens (tertiary/aromatic N) is 3. The number of pyridine rings is 1. The summed E-state index contributed by atoms with van der Waals surface area (Å²) in [7, 11) is 1.61. The molecule has 4 heterocycles. The molecule has 0 atom stereocenters. The number of hydrogen-bond donors (Lipinski definition) is 2. The predicted octanol–water partition coefficient (Wildman–Crippen LogP) is 1.22. The lowest BCUT2D eigenvalue weighted by Gasteiger charge is -2.35. The summed E-state index contributed by atoms with van der Waals surface area (Å²) in [6, 6.07) is 6.95. The van der Waals surface area contributed by atoms with Gasteiger partial charge in [-0.25, -0.2) is 0 Å². The van der Waals surface area contributed by atoms with Gasteiger partial charge < -0.3 is 25.0 Å². The van der Waals surface area contributed by atoms with Crippen molar-refractivity contribution in [2.45, 2.75) is 38.5 Å². The van der Waals surface area contributed by atoms with Crippen molar-refractivity contribution < 1.29 is 19.2 Å². The topological polar surface area (TPSA) is 121 Å². The first-order chi connectivity index (χ1) is 17.8. The number of aryl methyl sites for hydroxylation is 3. The summed E-state index contributed by atoms with van der Waals surface area (Å²) in [4.78, 5) is 65.8. The van der Waals surface area contributed by atoms with Gasteiger partial charge in [-0.1, -0.05) is 0 Å². The molecule has 0 radical (unpaired) electrons. The van der Waals surface area contributed by atoms with E-state index in [9.17, 15) is 24.0 Å². The number of carbonyl (C=O) groups excluding carboxylic acids is 4. The number of likely N-dealkylation sites (tertiary alicyclic amines) is 1. The van der Waals surface area contributed by atoms with E-state index >= 15 is 0 Å². The van der Waals surface area contributed by atoms with Crippen molar-refractivity contribution in [1.29, 1.82) is 0 Å². The quantitative estimate of drug-likeness (QED) is 0.606. The highest BCUT2D eigenvalue weighted by Gasteiger charge is 2.30. The van der Waals surface area contributed by atoms with Crippen LogP contribution in [0.5, 0.6) is 0 Å². The largest absolute Gasteiger partial charge is 0.348 e. The van der Waals surface area contributed by atoms with Crippen LogP contribution in [0.25, 0.3) is 0 Å². The minimum Gasteiger partial charge on any atom is -0.348 e. The van der Waals surface area contributed by atoms with Gasteiger partial charge in [-0.15, -0.1) is 0 Å². The molecule has 1 aromatic heterocycles. The molecule has 0 bridgehead atoms. The van der Waals surface area contributed by atoms with E-state index in [4.69, 9.17) is 0 Å². The number of carbonyl (C=O) groups is 4. The van der Waals surface area contributed by atoms with Gasteiger partial charge >= 0.3 is 11.8 Å². The van der Waals surface area contributed by atoms with Crippen LogP contribution in [0.1, 0.15) is 47.2 Å². The molecule has 3 aliphatic heterocycles. The summed E-state index contributed by atoms with van der Waals surface area (Å²) in [6.07, 6.45) is 5.76. The van der Waals surface area contributed by atoms with Crippen molar-refractivity contribution in [3.05, 3.63) is 57.5 Å². The second-order valence-corrected chi connectivity index (χ2v) is 10.0. The van der Waals surface area contributed by atoms with Crippen LogP contribution >= 0.6 is 0 Å². The molecule has 194 valence electrons. The molecule has 3 aliphatic rings. The molecule has 0 aliphatic carbocycles. The smallest absolute Gasteiger partial charge is 0.313 e. The zero-order valence-electron chi connectivity index (χ0n) is 20.9. The van der Waals surface area contributed by atoms with Gasteiger partial charge in [-0.3, -0.25) is 24.0 Å². The number of rotatable bonds is 4. The van der Waals surface area contributed by atoms with Crippen LogP contribution in [0.15, 0.2) is 35.3 Å². The Hall–Kier alpha value is -3.95. The van der Waals surface area contributed by atoms with Gasteiger partial charge in [0, 0.05) is 51.5 Å². The maximum Gasteiger partial charge on any atom is 0.313 e. The molecule has 0 unspecified atom stereocenters. The number of anilines is 2. The van der Waals surface area contributed by atoms with Crippen LogP contribution < -0.4 is 21.1 Å². The van der Waals surface area contributed by atoms with Gasteiger partial charge in [0.25, 0.3) is 11.5 Å². The summed E-state index contributed by atoms with van der Waals surface area (Å²) in [5.74, 6) is -1.42. The maximum atomic E-state index is 12.8. The van der Waals surface area contributed by atoms with E-state index < -0.39 is 11.8 Å². The van der Waals surface area contributed by atoms with E-state index in [1.165, 1.54) is 4.57 Å². The van der Waals surface area contributed by atoms with E-state index in [0.29, 0.717) is 51.0 Å². The van der Waals surface area contributed by atoms with Crippen LogP contribution in [0.4, 0.5) is 11.4 Å². The lowest BCUT2D eigenvalue weighted by Crippen LogP contribution is -2.44. The van der Waals surface area contributed by atoms with Gasteiger partial charge in [0.1, 0.15) is 5.56 Å². The first-order valence-corrected chi connectivity index (χ1v) is 12.8. The Labute approximate surface area is 214 Å². The number of aromatic nitrogens is 1. The molecule has 1 fully saturated rings. The van der Waals surface area contributed by atoms with E-state index in [0.717, 1.165) is 36.2 Å². The van der Waals surface area contributed by atoms with Crippen molar-refractivity contribution in [2.24, 2.45) is 13.0 Å². The van der Waals surface area contributed by atoms with Crippen LogP contribution in [0.2, 0.25) is 0 Å². The third-order valence-electron chi connectivity index (χ3n) is 7.55. The summed E-state index contributed by atoms with van der Waals surface area (Å²) >= 11 is 0. The first-order valence-electron chi connectivity index (χ1n) is 12.8. The van der Waals surface area contributed by atoms with Crippen molar-refractivity contribution in [1.82, 2.24) is 14.8 Å². The molecule has 0 saturated carbocycles. The lowest BCUT2D eigenvalue weighted by atomic mass is 9.91. The van der Waals surface area contributed by atoms with E-state index in [1.54, 1.807) is 30.3 Å². The van der Waals surface area contributed by atoms with Crippen LogP contribution in [0, 0.1) is 5.92 Å². The Morgan fingerprint density at radius 1 is 0.973 bits per heavy atom. The fourth-order valence-electron chi connectivity index (χ4n) is 5.50. The highest BCUT2D eigenvalue weighted by molar-refractivity contribution is 6.39. The van der Waals surface area contributed by atoms with Crippen LogP contribution in [-0.4, -0.2) is 59.3 Å². The second-order valence-electron chi connectivity index (χ2n) is 10.0. The van der Waals surface area contributed by atoms with Gasteiger partial charge in [-0.05, 0) is 73.4 Å². The molecular weight excluding hydrogens is 474 g/mol. The average molecular weight is 506 g/mol. The Kier molecular flexibility index (Phi) is 6.82. The lowest BCUT2D eigenvalue weighted by molar-refractivity contribution is -0.136. The highest BCUT2D eigenvalue weighted by Crippen LogP contribution is 2.37. The van der Waals surface area contributed by atoms with Gasteiger partial charge in [0.15, 0.2) is 0 Å². The van der Waals surface area contributed by atoms with Gasteiger partial charge in [-0.2, -0.15) is 0 Å². The normalized spacial score (nSPS) is 17.3. The average Bonchev–Trinajstić information content (AvgIpc) is 2.90. The Morgan fingerprint density at radius 3 is 2.46 bits per heavy atom. The van der Waals surface area contributed by atoms with E-state index in [-0.39, 0.29) is 28.9 Å². The molecule has 2 N–H and O–H groups in total. The number of amides is 4. The molecule has 2 aromatic rings. The Bertz CT molecular complexity index is 1310. The minimum atomic E-state index is -0.723. The van der Waals surface area contributed by atoms with Crippen molar-refractivity contribution in [3.63, 3.8) is 0 Å². The standard InChI is InChI=1S/C27H31N5O5/c1-30-10-3-5-21(26(30)36)27(37)31-12-8-17(9-13-31)16-28-24(34)25(35)29-20-14-18-4-2-11-32-22(33)7-6-19(15-20)23(18)32/h3,5,10,14-15,17H,2,4,6-9,11-13,16H2,1H3,(H,28,34)(H,29,35). The summed E-state index contributed by atoms with van der Waals surface area (Å²) < 4.78 is 1.39. The highest BCUT2D eigenvalue weighted by atomic mass is 16.2. The fourth-order valence-corrected chi connectivity index (χ4v) is 5.50. The molecular formula is C27H31N5O5. The molecule has 37 heavy (non-hydrogen) atoms. The van der Waals surface area contributed by atoms with Gasteiger partial charge in [0.2, 0.25) is 5.91 Å². The third kappa shape index (κ3) is 5.00. The Balaban J connectivity index is 1.12.